The number of nitrogens with zero attached hydrogens (tertiary/aromatic N) is 4. The van der Waals surface area contributed by atoms with Crippen LogP contribution in [0.2, 0.25) is 0 Å². The van der Waals surface area contributed by atoms with E-state index >= 15 is 0 Å². The van der Waals surface area contributed by atoms with Crippen molar-refractivity contribution in [1.82, 2.24) is 14.7 Å². The lowest BCUT2D eigenvalue weighted by molar-refractivity contribution is -0.131. The molecule has 1 amide bonds. The Morgan fingerprint density at radius 2 is 2.00 bits per heavy atom. The lowest BCUT2D eigenvalue weighted by Gasteiger charge is -2.36. The van der Waals surface area contributed by atoms with Crippen LogP contribution in [0.25, 0.3) is 0 Å². The van der Waals surface area contributed by atoms with E-state index < -0.39 is 0 Å². The summed E-state index contributed by atoms with van der Waals surface area (Å²) in [4.78, 5) is 21.4. The Morgan fingerprint density at radius 1 is 1.24 bits per heavy atom. The van der Waals surface area contributed by atoms with Crippen molar-refractivity contribution in [3.63, 3.8) is 0 Å². The average molecular weight is 346 g/mol. The molecular formula is C19H30N4O2. The van der Waals surface area contributed by atoms with Gasteiger partial charge in [-0.2, -0.15) is 0 Å². The third-order valence-electron chi connectivity index (χ3n) is 5.50. The molecule has 2 aliphatic rings. The maximum absolute atomic E-state index is 12.5. The van der Waals surface area contributed by atoms with Gasteiger partial charge in [0.1, 0.15) is 5.75 Å². The summed E-state index contributed by atoms with van der Waals surface area (Å²) in [7, 11) is 4.29. The lowest BCUT2D eigenvalue weighted by Crippen LogP contribution is -2.49. The van der Waals surface area contributed by atoms with Crippen molar-refractivity contribution in [1.29, 1.82) is 0 Å². The van der Waals surface area contributed by atoms with Crippen LogP contribution >= 0.6 is 0 Å². The molecule has 6 nitrogen and oxygen atoms in total. The van der Waals surface area contributed by atoms with Gasteiger partial charge in [0.2, 0.25) is 5.91 Å². The number of carbonyl (C=O) groups is 1. The number of amides is 1. The van der Waals surface area contributed by atoms with Gasteiger partial charge < -0.3 is 24.7 Å². The molecule has 0 saturated carbocycles. The van der Waals surface area contributed by atoms with Gasteiger partial charge in [-0.3, -0.25) is 4.79 Å². The Hall–Kier alpha value is -1.79. The van der Waals surface area contributed by atoms with Crippen molar-refractivity contribution < 1.29 is 9.90 Å². The quantitative estimate of drug-likeness (QED) is 0.864. The number of phenolic OH excluding ortho intramolecular Hbond substituents is 1. The summed E-state index contributed by atoms with van der Waals surface area (Å²) in [6.07, 6.45) is 1.80. The van der Waals surface area contributed by atoms with Gasteiger partial charge in [0.25, 0.3) is 0 Å². The predicted octanol–water partition coefficient (Wildman–Crippen LogP) is 1.07. The van der Waals surface area contributed by atoms with Gasteiger partial charge in [-0.25, -0.2) is 0 Å². The van der Waals surface area contributed by atoms with Gasteiger partial charge >= 0.3 is 0 Å². The predicted molar refractivity (Wildman–Crippen MR) is 100 cm³/mol. The fourth-order valence-corrected chi connectivity index (χ4v) is 3.79. The van der Waals surface area contributed by atoms with Gasteiger partial charge in [-0.05, 0) is 39.2 Å². The first-order chi connectivity index (χ1) is 12.0. The summed E-state index contributed by atoms with van der Waals surface area (Å²) in [6.45, 7) is 6.24. The van der Waals surface area contributed by atoms with E-state index in [1.165, 1.54) is 6.42 Å². The summed E-state index contributed by atoms with van der Waals surface area (Å²) in [5, 5.41) is 9.61. The zero-order valence-corrected chi connectivity index (χ0v) is 15.4. The summed E-state index contributed by atoms with van der Waals surface area (Å²) in [6, 6.07) is 7.91. The van der Waals surface area contributed by atoms with Crippen molar-refractivity contribution >= 4 is 11.6 Å². The van der Waals surface area contributed by atoms with E-state index in [2.05, 4.69) is 28.8 Å². The van der Waals surface area contributed by atoms with E-state index in [1.807, 2.05) is 17.0 Å². The summed E-state index contributed by atoms with van der Waals surface area (Å²) >= 11 is 0. The third kappa shape index (κ3) is 4.64. The van der Waals surface area contributed by atoms with Crippen LogP contribution in [0, 0.1) is 0 Å². The molecule has 2 aliphatic heterocycles. The molecule has 1 unspecified atom stereocenters. The van der Waals surface area contributed by atoms with Crippen LogP contribution in [0.4, 0.5) is 5.69 Å². The zero-order chi connectivity index (χ0) is 17.8. The first kappa shape index (κ1) is 18.0. The normalized spacial score (nSPS) is 22.0. The Labute approximate surface area is 150 Å². The lowest BCUT2D eigenvalue weighted by atomic mass is 10.2. The van der Waals surface area contributed by atoms with Crippen molar-refractivity contribution in [2.45, 2.75) is 18.9 Å². The number of hydrogen-bond donors (Lipinski definition) is 1. The molecule has 2 saturated heterocycles. The topological polar surface area (TPSA) is 50.3 Å². The molecule has 2 heterocycles. The molecule has 1 aromatic rings. The van der Waals surface area contributed by atoms with E-state index in [1.54, 1.807) is 12.1 Å². The molecule has 3 rings (SSSR count). The first-order valence-corrected chi connectivity index (χ1v) is 9.23. The second-order valence-corrected chi connectivity index (χ2v) is 7.32. The fraction of sp³-hybridized carbons (Fsp3) is 0.632. The molecule has 1 aromatic carbocycles. The number of carbonyl (C=O) groups excluding carboxylic acids is 1. The fourth-order valence-electron chi connectivity index (χ4n) is 3.79. The third-order valence-corrected chi connectivity index (χ3v) is 5.50. The van der Waals surface area contributed by atoms with Crippen LogP contribution in [-0.2, 0) is 4.79 Å². The van der Waals surface area contributed by atoms with Crippen LogP contribution in [0.3, 0.4) is 0 Å². The van der Waals surface area contributed by atoms with E-state index in [9.17, 15) is 9.90 Å². The highest BCUT2D eigenvalue weighted by Gasteiger charge is 2.25. The summed E-state index contributed by atoms with van der Waals surface area (Å²) < 4.78 is 0. The molecule has 0 bridgehead atoms. The number of benzene rings is 1. The molecule has 6 heteroatoms. The Morgan fingerprint density at radius 3 is 2.64 bits per heavy atom. The van der Waals surface area contributed by atoms with Gasteiger partial charge in [-0.1, -0.05) is 6.07 Å². The molecule has 1 atom stereocenters. The Balaban J connectivity index is 1.42. The number of piperazine rings is 1. The molecule has 1 N–H and O–H groups in total. The highest BCUT2D eigenvalue weighted by molar-refractivity contribution is 5.76. The number of hydrogen-bond acceptors (Lipinski definition) is 5. The molecule has 0 aliphatic carbocycles. The van der Waals surface area contributed by atoms with Gasteiger partial charge in [0.05, 0.1) is 0 Å². The first-order valence-electron chi connectivity index (χ1n) is 9.23. The van der Waals surface area contributed by atoms with Crippen LogP contribution < -0.4 is 4.90 Å². The second-order valence-electron chi connectivity index (χ2n) is 7.32. The smallest absolute Gasteiger partial charge is 0.223 e. The minimum Gasteiger partial charge on any atom is -0.508 e. The molecule has 138 valence electrons. The molecular weight excluding hydrogens is 316 g/mol. The van der Waals surface area contributed by atoms with Crippen LogP contribution in [-0.4, -0.2) is 91.7 Å². The highest BCUT2D eigenvalue weighted by atomic mass is 16.3. The second kappa shape index (κ2) is 8.06. The molecule has 0 radical (unpaired) electrons. The summed E-state index contributed by atoms with van der Waals surface area (Å²) in [5.74, 6) is 0.547. The van der Waals surface area contributed by atoms with Crippen molar-refractivity contribution in [3.8, 4) is 5.75 Å². The minimum atomic E-state index is 0.258. The van der Waals surface area contributed by atoms with E-state index in [0.29, 0.717) is 12.5 Å². The van der Waals surface area contributed by atoms with Crippen molar-refractivity contribution in [3.05, 3.63) is 24.3 Å². The van der Waals surface area contributed by atoms with Gasteiger partial charge in [0, 0.05) is 63.5 Å². The standard InChI is InChI=1S/C19H30N4O2/c1-20-8-6-17(15-20)21(2)9-7-19(25)23-12-10-22(11-13-23)16-4-3-5-18(24)14-16/h3-5,14,17,24H,6-13,15H2,1-2H3. The summed E-state index contributed by atoms with van der Waals surface area (Å²) in [5.41, 5.74) is 1.03. The van der Waals surface area contributed by atoms with Gasteiger partial charge in [-0.15, -0.1) is 0 Å². The largest absolute Gasteiger partial charge is 0.508 e. The van der Waals surface area contributed by atoms with E-state index in [-0.39, 0.29) is 11.7 Å². The number of aromatic hydroxyl groups is 1. The monoisotopic (exact) mass is 346 g/mol. The van der Waals surface area contributed by atoms with Gasteiger partial charge in [0.15, 0.2) is 0 Å². The number of anilines is 1. The number of likely N-dealkylation sites (tertiary alicyclic amines) is 1. The van der Waals surface area contributed by atoms with Crippen LogP contribution in [0.5, 0.6) is 5.75 Å². The maximum Gasteiger partial charge on any atom is 0.223 e. The highest BCUT2D eigenvalue weighted by Crippen LogP contribution is 2.21. The Kier molecular flexibility index (Phi) is 5.81. The average Bonchev–Trinajstić information content (AvgIpc) is 3.06. The van der Waals surface area contributed by atoms with Crippen LogP contribution in [0.1, 0.15) is 12.8 Å². The zero-order valence-electron chi connectivity index (χ0n) is 15.4. The Bertz CT molecular complexity index is 587. The number of likely N-dealkylation sites (N-methyl/N-ethyl adjacent to an activating group) is 2. The number of phenols is 1. The SMILES string of the molecule is CN1CCC(N(C)CCC(=O)N2CCN(c3cccc(O)c3)CC2)C1. The van der Waals surface area contributed by atoms with E-state index in [4.69, 9.17) is 0 Å². The van der Waals surface area contributed by atoms with Crippen molar-refractivity contribution in [2.75, 3.05) is 64.8 Å². The van der Waals surface area contributed by atoms with E-state index in [0.717, 1.165) is 51.5 Å². The minimum absolute atomic E-state index is 0.258. The van der Waals surface area contributed by atoms with Crippen molar-refractivity contribution in [2.24, 2.45) is 0 Å². The number of rotatable bonds is 5. The molecule has 0 spiro atoms. The molecule has 0 aromatic heterocycles. The maximum atomic E-state index is 12.5. The van der Waals surface area contributed by atoms with Crippen LogP contribution in [0.15, 0.2) is 24.3 Å². The molecule has 25 heavy (non-hydrogen) atoms. The molecule has 2 fully saturated rings.